The Bertz CT molecular complexity index is 658. The van der Waals surface area contributed by atoms with Crippen LogP contribution in [0.4, 0.5) is 11.5 Å². The lowest BCUT2D eigenvalue weighted by Gasteiger charge is -2.27. The second kappa shape index (κ2) is 6.19. The number of carbonyl (C=O) groups is 1. The Kier molecular flexibility index (Phi) is 4.11. The van der Waals surface area contributed by atoms with Crippen LogP contribution in [0.25, 0.3) is 0 Å². The SMILES string of the molecule is Cc1cc(C(=O)Nc2ccc(N3CCOCC3)nc2)c(C)o1. The maximum Gasteiger partial charge on any atom is 0.259 e. The largest absolute Gasteiger partial charge is 0.466 e. The van der Waals surface area contributed by atoms with Crippen LogP contribution in [0.2, 0.25) is 0 Å². The number of hydrogen-bond donors (Lipinski definition) is 1. The average molecular weight is 301 g/mol. The third-order valence-electron chi connectivity index (χ3n) is 3.63. The molecule has 2 aromatic heterocycles. The Morgan fingerprint density at radius 3 is 2.64 bits per heavy atom. The van der Waals surface area contributed by atoms with Crippen molar-refractivity contribution in [3.63, 3.8) is 0 Å². The number of nitrogens with zero attached hydrogens (tertiary/aromatic N) is 2. The summed E-state index contributed by atoms with van der Waals surface area (Å²) < 4.78 is 10.7. The summed E-state index contributed by atoms with van der Waals surface area (Å²) in [7, 11) is 0. The summed E-state index contributed by atoms with van der Waals surface area (Å²) in [5, 5.41) is 2.84. The third-order valence-corrected chi connectivity index (χ3v) is 3.63. The van der Waals surface area contributed by atoms with Crippen LogP contribution in [0.3, 0.4) is 0 Å². The molecule has 0 radical (unpaired) electrons. The molecule has 1 amide bonds. The molecule has 1 aliphatic rings. The predicted molar refractivity (Wildman–Crippen MR) is 83.4 cm³/mol. The molecule has 3 heterocycles. The van der Waals surface area contributed by atoms with Crippen molar-refractivity contribution in [1.29, 1.82) is 0 Å². The van der Waals surface area contributed by atoms with Gasteiger partial charge in [-0.25, -0.2) is 4.98 Å². The number of furan rings is 1. The number of aromatic nitrogens is 1. The second-order valence-corrected chi connectivity index (χ2v) is 5.29. The minimum atomic E-state index is -0.185. The lowest BCUT2D eigenvalue weighted by molar-refractivity contribution is 0.102. The van der Waals surface area contributed by atoms with Crippen molar-refractivity contribution < 1.29 is 13.9 Å². The zero-order valence-electron chi connectivity index (χ0n) is 12.8. The summed E-state index contributed by atoms with van der Waals surface area (Å²) in [4.78, 5) is 18.8. The fraction of sp³-hybridized carbons (Fsp3) is 0.375. The molecule has 0 aliphatic carbocycles. The van der Waals surface area contributed by atoms with Crippen molar-refractivity contribution >= 4 is 17.4 Å². The van der Waals surface area contributed by atoms with Gasteiger partial charge in [-0.1, -0.05) is 0 Å². The van der Waals surface area contributed by atoms with Gasteiger partial charge in [-0.15, -0.1) is 0 Å². The van der Waals surface area contributed by atoms with Gasteiger partial charge in [-0.2, -0.15) is 0 Å². The highest BCUT2D eigenvalue weighted by Crippen LogP contribution is 2.18. The van der Waals surface area contributed by atoms with Gasteiger partial charge in [0.05, 0.1) is 30.7 Å². The van der Waals surface area contributed by atoms with Crippen LogP contribution >= 0.6 is 0 Å². The van der Waals surface area contributed by atoms with Gasteiger partial charge in [0.1, 0.15) is 17.3 Å². The summed E-state index contributed by atoms with van der Waals surface area (Å²) in [5.41, 5.74) is 1.22. The lowest BCUT2D eigenvalue weighted by Crippen LogP contribution is -2.36. The highest BCUT2D eigenvalue weighted by molar-refractivity contribution is 6.05. The smallest absolute Gasteiger partial charge is 0.259 e. The summed E-state index contributed by atoms with van der Waals surface area (Å²) in [5.74, 6) is 2.06. The van der Waals surface area contributed by atoms with Crippen molar-refractivity contribution in [3.05, 3.63) is 41.5 Å². The molecule has 0 aromatic carbocycles. The molecule has 0 unspecified atom stereocenters. The van der Waals surface area contributed by atoms with E-state index in [0.717, 1.165) is 37.9 Å². The molecule has 0 saturated carbocycles. The second-order valence-electron chi connectivity index (χ2n) is 5.29. The van der Waals surface area contributed by atoms with E-state index in [1.165, 1.54) is 0 Å². The molecule has 1 aliphatic heterocycles. The number of hydrogen-bond acceptors (Lipinski definition) is 5. The van der Waals surface area contributed by atoms with Gasteiger partial charge in [-0.05, 0) is 32.0 Å². The zero-order valence-corrected chi connectivity index (χ0v) is 12.8. The minimum Gasteiger partial charge on any atom is -0.466 e. The van der Waals surface area contributed by atoms with E-state index in [9.17, 15) is 4.79 Å². The monoisotopic (exact) mass is 301 g/mol. The summed E-state index contributed by atoms with van der Waals surface area (Å²) in [6.07, 6.45) is 1.67. The number of nitrogens with one attached hydrogen (secondary N) is 1. The van der Waals surface area contributed by atoms with E-state index in [0.29, 0.717) is 17.0 Å². The van der Waals surface area contributed by atoms with Gasteiger partial charge in [0.2, 0.25) is 0 Å². The van der Waals surface area contributed by atoms with E-state index < -0.39 is 0 Å². The number of ether oxygens (including phenoxy) is 1. The first-order valence-electron chi connectivity index (χ1n) is 7.30. The molecule has 6 nitrogen and oxygen atoms in total. The van der Waals surface area contributed by atoms with E-state index in [4.69, 9.17) is 9.15 Å². The quantitative estimate of drug-likeness (QED) is 0.942. The standard InChI is InChI=1S/C16H19N3O3/c1-11-9-14(12(2)22-11)16(20)18-13-3-4-15(17-10-13)19-5-7-21-8-6-19/h3-4,9-10H,5-8H2,1-2H3,(H,18,20). The topological polar surface area (TPSA) is 67.6 Å². The molecule has 22 heavy (non-hydrogen) atoms. The molecule has 0 bridgehead atoms. The molecule has 116 valence electrons. The van der Waals surface area contributed by atoms with Gasteiger partial charge < -0.3 is 19.4 Å². The first-order valence-corrected chi connectivity index (χ1v) is 7.30. The van der Waals surface area contributed by atoms with Crippen molar-refractivity contribution in [2.45, 2.75) is 13.8 Å². The third kappa shape index (κ3) is 3.12. The van der Waals surface area contributed by atoms with Gasteiger partial charge >= 0.3 is 0 Å². The molecular weight excluding hydrogens is 282 g/mol. The molecule has 1 saturated heterocycles. The predicted octanol–water partition coefficient (Wildman–Crippen LogP) is 2.38. The number of amides is 1. The van der Waals surface area contributed by atoms with Gasteiger partial charge in [0.25, 0.3) is 5.91 Å². The Morgan fingerprint density at radius 1 is 1.27 bits per heavy atom. The van der Waals surface area contributed by atoms with Gasteiger partial charge in [0.15, 0.2) is 0 Å². The van der Waals surface area contributed by atoms with Crippen LogP contribution in [0.15, 0.2) is 28.8 Å². The Hall–Kier alpha value is -2.34. The van der Waals surface area contributed by atoms with Crippen LogP contribution < -0.4 is 10.2 Å². The molecule has 1 fully saturated rings. The minimum absolute atomic E-state index is 0.185. The number of morpholine rings is 1. The number of pyridine rings is 1. The Morgan fingerprint density at radius 2 is 2.05 bits per heavy atom. The van der Waals surface area contributed by atoms with E-state index >= 15 is 0 Å². The zero-order chi connectivity index (χ0) is 15.5. The first-order chi connectivity index (χ1) is 10.6. The molecule has 1 N–H and O–H groups in total. The first kappa shape index (κ1) is 14.6. The fourth-order valence-corrected chi connectivity index (χ4v) is 2.49. The average Bonchev–Trinajstić information content (AvgIpc) is 2.88. The number of rotatable bonds is 3. The van der Waals surface area contributed by atoms with Crippen LogP contribution in [0.1, 0.15) is 21.9 Å². The van der Waals surface area contributed by atoms with Crippen LogP contribution in [-0.4, -0.2) is 37.2 Å². The Labute approximate surface area is 129 Å². The van der Waals surface area contributed by atoms with Crippen LogP contribution in [-0.2, 0) is 4.74 Å². The van der Waals surface area contributed by atoms with Crippen molar-refractivity contribution in [2.24, 2.45) is 0 Å². The molecule has 3 rings (SSSR count). The maximum atomic E-state index is 12.2. The molecule has 0 spiro atoms. The fourth-order valence-electron chi connectivity index (χ4n) is 2.49. The maximum absolute atomic E-state index is 12.2. The molecule has 6 heteroatoms. The lowest BCUT2D eigenvalue weighted by atomic mass is 10.2. The molecule has 2 aromatic rings. The van der Waals surface area contributed by atoms with Gasteiger partial charge in [-0.3, -0.25) is 4.79 Å². The highest BCUT2D eigenvalue weighted by atomic mass is 16.5. The Balaban J connectivity index is 1.68. The van der Waals surface area contributed by atoms with Gasteiger partial charge in [0, 0.05) is 13.1 Å². The van der Waals surface area contributed by atoms with Crippen molar-refractivity contribution in [1.82, 2.24) is 4.98 Å². The van der Waals surface area contributed by atoms with E-state index in [2.05, 4.69) is 15.2 Å². The summed E-state index contributed by atoms with van der Waals surface area (Å²) in [6.45, 7) is 6.72. The van der Waals surface area contributed by atoms with E-state index in [1.54, 1.807) is 19.2 Å². The van der Waals surface area contributed by atoms with Crippen molar-refractivity contribution in [2.75, 3.05) is 36.5 Å². The summed E-state index contributed by atoms with van der Waals surface area (Å²) >= 11 is 0. The van der Waals surface area contributed by atoms with Crippen LogP contribution in [0, 0.1) is 13.8 Å². The number of anilines is 2. The van der Waals surface area contributed by atoms with E-state index in [-0.39, 0.29) is 5.91 Å². The normalized spacial score (nSPS) is 14.9. The summed E-state index contributed by atoms with van der Waals surface area (Å²) in [6, 6.07) is 5.51. The van der Waals surface area contributed by atoms with Crippen LogP contribution in [0.5, 0.6) is 0 Å². The van der Waals surface area contributed by atoms with E-state index in [1.807, 2.05) is 19.1 Å². The highest BCUT2D eigenvalue weighted by Gasteiger charge is 2.15. The molecular formula is C16H19N3O3. The number of aryl methyl sites for hydroxylation is 2. The number of carbonyl (C=O) groups excluding carboxylic acids is 1. The molecule has 0 atom stereocenters. The van der Waals surface area contributed by atoms with Crippen molar-refractivity contribution in [3.8, 4) is 0 Å².